The number of hydrogen-bond acceptors (Lipinski definition) is 10. The van der Waals surface area contributed by atoms with Crippen molar-refractivity contribution in [3.8, 4) is 17.2 Å². The van der Waals surface area contributed by atoms with Crippen LogP contribution in [0.2, 0.25) is 0 Å². The van der Waals surface area contributed by atoms with Crippen molar-refractivity contribution in [1.29, 1.82) is 0 Å². The second kappa shape index (κ2) is 12.6. The number of ether oxygens (including phenoxy) is 3. The highest BCUT2D eigenvalue weighted by molar-refractivity contribution is 5.92. The van der Waals surface area contributed by atoms with Crippen LogP contribution in [0.25, 0.3) is 0 Å². The van der Waals surface area contributed by atoms with Crippen LogP contribution in [-0.4, -0.2) is 41.2 Å². The Labute approximate surface area is 215 Å². The van der Waals surface area contributed by atoms with Gasteiger partial charge in [0, 0.05) is 18.2 Å². The Kier molecular flexibility index (Phi) is 9.02. The Morgan fingerprint density at radius 1 is 0.921 bits per heavy atom. The number of hydrogen-bond donors (Lipinski definition) is 1. The molecule has 13 nitrogen and oxygen atoms in total. The van der Waals surface area contributed by atoms with Gasteiger partial charge in [-0.05, 0) is 61.4 Å². The molecular weight excluding hydrogens is 500 g/mol. The number of rotatable bonds is 11. The summed E-state index contributed by atoms with van der Waals surface area (Å²) in [6.45, 7) is 3.21. The first-order valence-electron chi connectivity index (χ1n) is 11.1. The van der Waals surface area contributed by atoms with Crippen LogP contribution >= 0.6 is 0 Å². The molecule has 13 heteroatoms. The van der Waals surface area contributed by atoms with Gasteiger partial charge in [0.15, 0.2) is 23.9 Å². The summed E-state index contributed by atoms with van der Waals surface area (Å²) in [4.78, 5) is 45.3. The van der Waals surface area contributed by atoms with E-state index < -0.39 is 28.3 Å². The van der Waals surface area contributed by atoms with Gasteiger partial charge in [0.25, 0.3) is 11.6 Å². The van der Waals surface area contributed by atoms with E-state index in [0.717, 1.165) is 0 Å². The fourth-order valence-corrected chi connectivity index (χ4v) is 3.08. The predicted molar refractivity (Wildman–Crippen MR) is 135 cm³/mol. The minimum Gasteiger partial charge on any atom is -0.490 e. The average Bonchev–Trinajstić information content (AvgIpc) is 2.89. The summed E-state index contributed by atoms with van der Waals surface area (Å²) in [5.74, 6) is -1.07. The molecule has 0 aliphatic heterocycles. The van der Waals surface area contributed by atoms with Crippen molar-refractivity contribution in [2.75, 3.05) is 13.2 Å². The third kappa shape index (κ3) is 7.34. The number of nitrogens with one attached hydrogen (secondary N) is 1. The fourth-order valence-electron chi connectivity index (χ4n) is 3.08. The molecule has 0 atom stereocenters. The van der Waals surface area contributed by atoms with E-state index in [9.17, 15) is 29.8 Å². The quantitative estimate of drug-likeness (QED) is 0.129. The zero-order chi connectivity index (χ0) is 27.7. The van der Waals surface area contributed by atoms with Crippen LogP contribution in [0.1, 0.15) is 28.4 Å². The highest BCUT2D eigenvalue weighted by Gasteiger charge is 2.17. The third-order valence-electron chi connectivity index (χ3n) is 4.86. The number of benzene rings is 3. The maximum Gasteiger partial charge on any atom is 0.343 e. The van der Waals surface area contributed by atoms with Crippen LogP contribution in [0.3, 0.4) is 0 Å². The van der Waals surface area contributed by atoms with Crippen LogP contribution < -0.4 is 19.6 Å². The van der Waals surface area contributed by atoms with E-state index in [0.29, 0.717) is 11.1 Å². The molecule has 3 rings (SSSR count). The van der Waals surface area contributed by atoms with Crippen molar-refractivity contribution >= 4 is 29.5 Å². The van der Waals surface area contributed by atoms with Crippen molar-refractivity contribution in [2.24, 2.45) is 5.10 Å². The maximum atomic E-state index is 12.5. The molecular formula is C25H22N4O9. The molecule has 38 heavy (non-hydrogen) atoms. The minimum atomic E-state index is -0.733. The standard InChI is InChI=1S/C25H22N4O9/c1-3-36-23-13-17(5-11-22(23)38-25(31)18-6-8-19(9-7-18)28(32)33)14-26-27-24(30)15-37-21-10-4-16(2)12-20(21)29(34)35/h4-14H,3,15H2,1-2H3,(H,27,30)/b26-14-. The number of nitro benzene ring substituents is 2. The first kappa shape index (κ1) is 27.3. The predicted octanol–water partition coefficient (Wildman–Crippen LogP) is 3.96. The Bertz CT molecular complexity index is 1390. The number of nitrogens with zero attached hydrogens (tertiary/aromatic N) is 3. The maximum absolute atomic E-state index is 12.5. The lowest BCUT2D eigenvalue weighted by Gasteiger charge is -2.11. The Morgan fingerprint density at radius 3 is 2.29 bits per heavy atom. The number of amides is 1. The van der Waals surface area contributed by atoms with Gasteiger partial charge in [-0.3, -0.25) is 25.0 Å². The highest BCUT2D eigenvalue weighted by atomic mass is 16.6. The first-order valence-corrected chi connectivity index (χ1v) is 11.1. The molecule has 1 N–H and O–H groups in total. The van der Waals surface area contributed by atoms with Gasteiger partial charge in [-0.2, -0.15) is 5.10 Å². The molecule has 0 aliphatic carbocycles. The van der Waals surface area contributed by atoms with Crippen LogP contribution in [0.15, 0.2) is 65.8 Å². The van der Waals surface area contributed by atoms with Gasteiger partial charge in [0.1, 0.15) is 0 Å². The summed E-state index contributed by atoms with van der Waals surface area (Å²) in [7, 11) is 0. The zero-order valence-corrected chi connectivity index (χ0v) is 20.3. The van der Waals surface area contributed by atoms with Crippen LogP contribution in [0, 0.1) is 27.2 Å². The number of carbonyl (C=O) groups excluding carboxylic acids is 2. The van der Waals surface area contributed by atoms with E-state index in [1.165, 1.54) is 54.7 Å². The Morgan fingerprint density at radius 2 is 1.63 bits per heavy atom. The molecule has 0 bridgehead atoms. The van der Waals surface area contributed by atoms with E-state index >= 15 is 0 Å². The summed E-state index contributed by atoms with van der Waals surface area (Å²) in [5.41, 5.74) is 3.14. The van der Waals surface area contributed by atoms with Crippen LogP contribution in [0.5, 0.6) is 17.2 Å². The molecule has 0 heterocycles. The molecule has 0 unspecified atom stereocenters. The van der Waals surface area contributed by atoms with Gasteiger partial charge in [0.05, 0.1) is 28.2 Å². The summed E-state index contributed by atoms with van der Waals surface area (Å²) in [5, 5.41) is 25.8. The van der Waals surface area contributed by atoms with E-state index in [4.69, 9.17) is 14.2 Å². The second-order valence-corrected chi connectivity index (χ2v) is 7.64. The van der Waals surface area contributed by atoms with Crippen molar-refractivity contribution in [2.45, 2.75) is 13.8 Å². The molecule has 3 aromatic rings. The lowest BCUT2D eigenvalue weighted by molar-refractivity contribution is -0.385. The van der Waals surface area contributed by atoms with Crippen molar-refractivity contribution in [3.05, 3.63) is 97.6 Å². The smallest absolute Gasteiger partial charge is 0.343 e. The number of esters is 1. The Hall–Kier alpha value is -5.33. The molecule has 0 radical (unpaired) electrons. The molecule has 0 spiro atoms. The average molecular weight is 522 g/mol. The molecule has 1 amide bonds. The lowest BCUT2D eigenvalue weighted by atomic mass is 10.2. The first-order chi connectivity index (χ1) is 18.2. The Balaban J connectivity index is 1.61. The monoisotopic (exact) mass is 522 g/mol. The fraction of sp³-hybridized carbons (Fsp3) is 0.160. The van der Waals surface area contributed by atoms with E-state index in [1.807, 2.05) is 0 Å². The van der Waals surface area contributed by atoms with Gasteiger partial charge in [0.2, 0.25) is 0 Å². The number of nitro groups is 2. The van der Waals surface area contributed by atoms with Crippen LogP contribution in [-0.2, 0) is 4.79 Å². The van der Waals surface area contributed by atoms with Gasteiger partial charge < -0.3 is 14.2 Å². The zero-order valence-electron chi connectivity index (χ0n) is 20.3. The third-order valence-corrected chi connectivity index (χ3v) is 4.86. The minimum absolute atomic E-state index is 0.0417. The van der Waals surface area contributed by atoms with Crippen molar-refractivity contribution < 1.29 is 33.6 Å². The molecule has 0 aromatic heterocycles. The summed E-state index contributed by atoms with van der Waals surface area (Å²) >= 11 is 0. The molecule has 3 aromatic carbocycles. The molecule has 0 saturated heterocycles. The van der Waals surface area contributed by atoms with E-state index in [2.05, 4.69) is 10.5 Å². The molecule has 0 aliphatic rings. The topological polar surface area (TPSA) is 172 Å². The van der Waals surface area contributed by atoms with Gasteiger partial charge in [-0.15, -0.1) is 0 Å². The molecule has 0 fully saturated rings. The summed E-state index contributed by atoms with van der Waals surface area (Å²) in [6.07, 6.45) is 1.32. The van der Waals surface area contributed by atoms with Gasteiger partial charge in [-0.1, -0.05) is 6.07 Å². The lowest BCUT2D eigenvalue weighted by Crippen LogP contribution is -2.24. The van der Waals surface area contributed by atoms with Crippen LogP contribution in [0.4, 0.5) is 11.4 Å². The van der Waals surface area contributed by atoms with Gasteiger partial charge >= 0.3 is 11.7 Å². The van der Waals surface area contributed by atoms with Crippen molar-refractivity contribution in [3.63, 3.8) is 0 Å². The SMILES string of the molecule is CCOc1cc(/C=N\NC(=O)COc2ccc(C)cc2[N+](=O)[O-])ccc1OC(=O)c1ccc([N+](=O)[O-])cc1. The number of non-ortho nitro benzene ring substituents is 1. The number of aryl methyl sites for hydroxylation is 1. The highest BCUT2D eigenvalue weighted by Crippen LogP contribution is 2.29. The number of carbonyl (C=O) groups is 2. The van der Waals surface area contributed by atoms with E-state index in [1.54, 1.807) is 26.0 Å². The summed E-state index contributed by atoms with van der Waals surface area (Å²) < 4.78 is 16.2. The normalized spacial score (nSPS) is 10.6. The second-order valence-electron chi connectivity index (χ2n) is 7.64. The number of hydrazone groups is 1. The van der Waals surface area contributed by atoms with Crippen molar-refractivity contribution in [1.82, 2.24) is 5.43 Å². The largest absolute Gasteiger partial charge is 0.490 e. The molecule has 196 valence electrons. The van der Waals surface area contributed by atoms with Gasteiger partial charge in [-0.25, -0.2) is 10.2 Å². The summed E-state index contributed by atoms with van der Waals surface area (Å²) in [6, 6.07) is 13.9. The molecule has 0 saturated carbocycles. The van der Waals surface area contributed by atoms with E-state index in [-0.39, 0.29) is 40.8 Å².